The van der Waals surface area contributed by atoms with Gasteiger partial charge >= 0.3 is 0 Å². The Kier molecular flexibility index (Phi) is 2.58. The van der Waals surface area contributed by atoms with Crippen molar-refractivity contribution in [3.05, 3.63) is 59.7 Å². The third-order valence-corrected chi connectivity index (χ3v) is 5.86. The van der Waals surface area contributed by atoms with E-state index in [1.165, 1.54) is 6.26 Å². The van der Waals surface area contributed by atoms with Crippen molar-refractivity contribution in [2.45, 2.75) is 22.6 Å². The molecule has 1 spiro atoms. The average Bonchev–Trinajstić information content (AvgIpc) is 3.17. The van der Waals surface area contributed by atoms with Gasteiger partial charge in [-0.25, -0.2) is 8.42 Å². The number of carbonyl (C=O) groups is 1. The highest BCUT2D eigenvalue weighted by Gasteiger charge is 2.64. The molecule has 0 bridgehead atoms. The van der Waals surface area contributed by atoms with Crippen molar-refractivity contribution in [3.63, 3.8) is 0 Å². The zero-order valence-corrected chi connectivity index (χ0v) is 12.9. The van der Waals surface area contributed by atoms with Crippen LogP contribution in [0.1, 0.15) is 23.5 Å². The molecular formula is C17H15NO3S. The fourth-order valence-corrected chi connectivity index (χ4v) is 4.13. The van der Waals surface area contributed by atoms with Crippen LogP contribution in [0, 0.1) is 0 Å². The van der Waals surface area contributed by atoms with Crippen LogP contribution < -0.4 is 5.32 Å². The second kappa shape index (κ2) is 4.20. The number of benzene rings is 2. The quantitative estimate of drug-likeness (QED) is 0.926. The van der Waals surface area contributed by atoms with Gasteiger partial charge in [-0.2, -0.15) is 0 Å². The van der Waals surface area contributed by atoms with Crippen LogP contribution in [0.5, 0.6) is 0 Å². The lowest BCUT2D eigenvalue weighted by Crippen LogP contribution is -2.20. The van der Waals surface area contributed by atoms with Gasteiger partial charge in [0.25, 0.3) is 0 Å². The van der Waals surface area contributed by atoms with Crippen molar-refractivity contribution in [1.29, 1.82) is 0 Å². The molecule has 4 nitrogen and oxygen atoms in total. The van der Waals surface area contributed by atoms with Crippen molar-refractivity contribution in [1.82, 2.24) is 0 Å². The molecule has 1 fully saturated rings. The van der Waals surface area contributed by atoms with E-state index in [-0.39, 0.29) is 11.8 Å². The second-order valence-electron chi connectivity index (χ2n) is 6.07. The first-order valence-electron chi connectivity index (χ1n) is 7.14. The van der Waals surface area contributed by atoms with Gasteiger partial charge in [0.15, 0.2) is 9.84 Å². The van der Waals surface area contributed by atoms with Crippen molar-refractivity contribution in [2.75, 3.05) is 11.6 Å². The van der Waals surface area contributed by atoms with Crippen LogP contribution in [0.25, 0.3) is 0 Å². The number of anilines is 1. The van der Waals surface area contributed by atoms with Gasteiger partial charge in [0.2, 0.25) is 5.91 Å². The van der Waals surface area contributed by atoms with E-state index >= 15 is 0 Å². The minimum atomic E-state index is -3.19. The largest absolute Gasteiger partial charge is 0.325 e. The van der Waals surface area contributed by atoms with Gasteiger partial charge in [-0.05, 0) is 35.7 Å². The van der Waals surface area contributed by atoms with Gasteiger partial charge in [0.05, 0.1) is 10.3 Å². The van der Waals surface area contributed by atoms with Crippen LogP contribution in [0.4, 0.5) is 5.69 Å². The van der Waals surface area contributed by atoms with Gasteiger partial charge in [-0.15, -0.1) is 0 Å². The maximum atomic E-state index is 12.4. The first kappa shape index (κ1) is 13.5. The van der Waals surface area contributed by atoms with E-state index in [4.69, 9.17) is 0 Å². The molecule has 0 unspecified atom stereocenters. The number of para-hydroxylation sites is 1. The predicted octanol–water partition coefficient (Wildman–Crippen LogP) is 2.47. The molecule has 1 saturated carbocycles. The molecule has 0 aromatic heterocycles. The molecule has 0 radical (unpaired) electrons. The lowest BCUT2D eigenvalue weighted by atomic mass is 9.92. The van der Waals surface area contributed by atoms with Gasteiger partial charge in [-0.3, -0.25) is 4.79 Å². The molecule has 2 aromatic carbocycles. The lowest BCUT2D eigenvalue weighted by molar-refractivity contribution is -0.118. The minimum Gasteiger partial charge on any atom is -0.325 e. The molecular weight excluding hydrogens is 298 g/mol. The molecule has 1 N–H and O–H groups in total. The Bertz CT molecular complexity index is 886. The first-order valence-corrected chi connectivity index (χ1v) is 9.03. The fourth-order valence-electron chi connectivity index (χ4n) is 3.50. The summed E-state index contributed by atoms with van der Waals surface area (Å²) in [6, 6.07) is 14.7. The van der Waals surface area contributed by atoms with E-state index in [0.717, 1.165) is 23.2 Å². The Labute approximate surface area is 129 Å². The summed E-state index contributed by atoms with van der Waals surface area (Å²) in [7, 11) is -3.19. The molecule has 2 atom stereocenters. The molecule has 2 aliphatic rings. The van der Waals surface area contributed by atoms with Gasteiger partial charge in [0, 0.05) is 17.9 Å². The van der Waals surface area contributed by atoms with Crippen molar-refractivity contribution < 1.29 is 13.2 Å². The Morgan fingerprint density at radius 2 is 1.77 bits per heavy atom. The number of sulfone groups is 1. The summed E-state index contributed by atoms with van der Waals surface area (Å²) < 4.78 is 23.1. The van der Waals surface area contributed by atoms with E-state index in [0.29, 0.717) is 4.90 Å². The maximum Gasteiger partial charge on any atom is 0.235 e. The molecule has 5 heteroatoms. The summed E-state index contributed by atoms with van der Waals surface area (Å²) >= 11 is 0. The number of carbonyl (C=O) groups excluding carboxylic acids is 1. The molecule has 22 heavy (non-hydrogen) atoms. The van der Waals surface area contributed by atoms with E-state index in [1.807, 2.05) is 36.4 Å². The number of fused-ring (bicyclic) bond motifs is 2. The molecule has 1 amide bonds. The number of hydrogen-bond acceptors (Lipinski definition) is 3. The third-order valence-electron chi connectivity index (χ3n) is 4.73. The highest BCUT2D eigenvalue weighted by Crippen LogP contribution is 2.64. The van der Waals surface area contributed by atoms with E-state index in [2.05, 4.69) is 5.32 Å². The third kappa shape index (κ3) is 1.75. The van der Waals surface area contributed by atoms with E-state index in [1.54, 1.807) is 12.1 Å². The van der Waals surface area contributed by atoms with Crippen LogP contribution in [-0.2, 0) is 20.0 Å². The molecule has 2 aromatic rings. The van der Waals surface area contributed by atoms with Crippen LogP contribution >= 0.6 is 0 Å². The van der Waals surface area contributed by atoms with Gasteiger partial charge in [0.1, 0.15) is 0 Å². The summed E-state index contributed by atoms with van der Waals surface area (Å²) in [4.78, 5) is 12.7. The first-order chi connectivity index (χ1) is 10.4. The number of hydrogen-bond donors (Lipinski definition) is 1. The summed E-state index contributed by atoms with van der Waals surface area (Å²) in [5.74, 6) is 0.163. The van der Waals surface area contributed by atoms with E-state index in [9.17, 15) is 13.2 Å². The zero-order valence-electron chi connectivity index (χ0n) is 12.0. The van der Waals surface area contributed by atoms with Gasteiger partial charge < -0.3 is 5.32 Å². The smallest absolute Gasteiger partial charge is 0.235 e. The molecule has 1 aliphatic carbocycles. The summed E-state index contributed by atoms with van der Waals surface area (Å²) in [6.45, 7) is 0. The number of rotatable bonds is 2. The molecule has 4 rings (SSSR count). The number of amides is 1. The Morgan fingerprint density at radius 3 is 2.45 bits per heavy atom. The normalized spacial score (nSPS) is 25.9. The second-order valence-corrected chi connectivity index (χ2v) is 8.08. The molecule has 112 valence electrons. The molecule has 1 aliphatic heterocycles. The summed E-state index contributed by atoms with van der Waals surface area (Å²) in [5.41, 5.74) is 2.49. The average molecular weight is 313 g/mol. The standard InChI is InChI=1S/C17H15NO3S/c1-22(20,21)12-8-6-11(7-9-12)14-10-17(14)13-4-2-3-5-15(13)18-16(17)19/h2-9,14H,10H2,1H3,(H,18,19)/t14-,17-/m1/s1. The van der Waals surface area contributed by atoms with Crippen LogP contribution in [0.15, 0.2) is 53.4 Å². The van der Waals surface area contributed by atoms with Crippen molar-refractivity contribution in [2.24, 2.45) is 0 Å². The Morgan fingerprint density at radius 1 is 1.09 bits per heavy atom. The van der Waals surface area contributed by atoms with Crippen LogP contribution in [-0.4, -0.2) is 20.6 Å². The summed E-state index contributed by atoms with van der Waals surface area (Å²) in [6.07, 6.45) is 1.97. The highest BCUT2D eigenvalue weighted by molar-refractivity contribution is 7.90. The zero-order chi connectivity index (χ0) is 15.5. The SMILES string of the molecule is CS(=O)(=O)c1ccc([C@H]2C[C@]23C(=O)Nc2ccccc23)cc1. The number of nitrogens with one attached hydrogen (secondary N) is 1. The molecule has 0 saturated heterocycles. The Hall–Kier alpha value is -2.14. The fraction of sp³-hybridized carbons (Fsp3) is 0.235. The Balaban J connectivity index is 1.72. The minimum absolute atomic E-state index is 0.0471. The topological polar surface area (TPSA) is 63.2 Å². The highest BCUT2D eigenvalue weighted by atomic mass is 32.2. The van der Waals surface area contributed by atoms with E-state index < -0.39 is 15.3 Å². The van der Waals surface area contributed by atoms with Crippen LogP contribution in [0.3, 0.4) is 0 Å². The predicted molar refractivity (Wildman–Crippen MR) is 83.7 cm³/mol. The maximum absolute atomic E-state index is 12.4. The summed E-state index contributed by atoms with van der Waals surface area (Å²) in [5, 5.41) is 2.95. The van der Waals surface area contributed by atoms with Crippen molar-refractivity contribution >= 4 is 21.4 Å². The molecule has 1 heterocycles. The van der Waals surface area contributed by atoms with Gasteiger partial charge in [-0.1, -0.05) is 30.3 Å². The van der Waals surface area contributed by atoms with Crippen molar-refractivity contribution in [3.8, 4) is 0 Å². The van der Waals surface area contributed by atoms with Crippen LogP contribution in [0.2, 0.25) is 0 Å². The lowest BCUT2D eigenvalue weighted by Gasteiger charge is -2.09. The monoisotopic (exact) mass is 313 g/mol.